The lowest BCUT2D eigenvalue weighted by atomic mass is 10.0. The van der Waals surface area contributed by atoms with Crippen molar-refractivity contribution >= 4 is 11.6 Å². The SMILES string of the molecule is CCCCCOc1ccc(CN2C(=O)C3(OCCO3)c3cccc(C)c32)cc1. The smallest absolute Gasteiger partial charge is 0.292 e. The predicted molar refractivity (Wildman–Crippen MR) is 107 cm³/mol. The molecule has 1 fully saturated rings. The van der Waals surface area contributed by atoms with E-state index in [1.54, 1.807) is 4.90 Å². The van der Waals surface area contributed by atoms with Gasteiger partial charge >= 0.3 is 0 Å². The number of nitrogens with zero attached hydrogens (tertiary/aromatic N) is 1. The van der Waals surface area contributed by atoms with Crippen molar-refractivity contribution in [2.45, 2.75) is 45.4 Å². The van der Waals surface area contributed by atoms with E-state index in [0.29, 0.717) is 19.8 Å². The minimum atomic E-state index is -1.27. The van der Waals surface area contributed by atoms with Gasteiger partial charge < -0.3 is 19.1 Å². The van der Waals surface area contributed by atoms with Crippen molar-refractivity contribution < 1.29 is 19.0 Å². The Morgan fingerprint density at radius 3 is 2.54 bits per heavy atom. The first kappa shape index (κ1) is 19.0. The van der Waals surface area contributed by atoms with Crippen molar-refractivity contribution in [2.24, 2.45) is 0 Å². The van der Waals surface area contributed by atoms with Gasteiger partial charge in [0.1, 0.15) is 5.75 Å². The van der Waals surface area contributed by atoms with Gasteiger partial charge in [0.05, 0.1) is 32.1 Å². The molecule has 2 aromatic carbocycles. The first-order valence-corrected chi connectivity index (χ1v) is 10.1. The van der Waals surface area contributed by atoms with Crippen LogP contribution in [0.2, 0.25) is 0 Å². The molecule has 0 saturated carbocycles. The van der Waals surface area contributed by atoms with Crippen LogP contribution >= 0.6 is 0 Å². The normalized spacial score (nSPS) is 17.4. The van der Waals surface area contributed by atoms with Gasteiger partial charge in [-0.15, -0.1) is 0 Å². The van der Waals surface area contributed by atoms with E-state index in [4.69, 9.17) is 14.2 Å². The highest BCUT2D eigenvalue weighted by Crippen LogP contribution is 2.47. The Morgan fingerprint density at radius 2 is 1.82 bits per heavy atom. The molecule has 0 aliphatic carbocycles. The van der Waals surface area contributed by atoms with E-state index in [-0.39, 0.29) is 5.91 Å². The molecule has 0 bridgehead atoms. The Kier molecular flexibility index (Phi) is 5.38. The summed E-state index contributed by atoms with van der Waals surface area (Å²) in [6.45, 7) is 6.26. The predicted octanol–water partition coefficient (Wildman–Crippen LogP) is 4.31. The first-order valence-electron chi connectivity index (χ1n) is 10.1. The molecule has 0 aromatic heterocycles. The second kappa shape index (κ2) is 7.94. The van der Waals surface area contributed by atoms with Crippen molar-refractivity contribution in [3.05, 3.63) is 59.2 Å². The molecule has 0 radical (unpaired) electrons. The van der Waals surface area contributed by atoms with E-state index < -0.39 is 5.79 Å². The van der Waals surface area contributed by atoms with Crippen LogP contribution in [0, 0.1) is 6.92 Å². The molecule has 1 spiro atoms. The third-order valence-corrected chi connectivity index (χ3v) is 5.36. The van der Waals surface area contributed by atoms with Gasteiger partial charge in [-0.3, -0.25) is 4.79 Å². The summed E-state index contributed by atoms with van der Waals surface area (Å²) in [5.74, 6) is -0.554. The van der Waals surface area contributed by atoms with Gasteiger partial charge in [-0.25, -0.2) is 0 Å². The summed E-state index contributed by atoms with van der Waals surface area (Å²) in [6, 6.07) is 13.9. The Bertz CT molecular complexity index is 840. The molecular weight excluding hydrogens is 354 g/mol. The zero-order valence-corrected chi connectivity index (χ0v) is 16.6. The van der Waals surface area contributed by atoms with Crippen LogP contribution in [0.5, 0.6) is 5.75 Å². The van der Waals surface area contributed by atoms with Gasteiger partial charge in [-0.2, -0.15) is 0 Å². The lowest BCUT2D eigenvalue weighted by Crippen LogP contribution is -2.40. The van der Waals surface area contributed by atoms with Gasteiger partial charge in [-0.05, 0) is 36.6 Å². The standard InChI is InChI=1S/C23H27NO4/c1-3-4-5-13-26-19-11-9-18(10-12-19)16-24-21-17(2)7-6-8-20(21)23(22(24)25)27-14-15-28-23/h6-12H,3-5,13-16H2,1-2H3. The van der Waals surface area contributed by atoms with Gasteiger partial charge in [-0.1, -0.05) is 50.1 Å². The number of carbonyl (C=O) groups is 1. The number of hydrogen-bond donors (Lipinski definition) is 0. The van der Waals surface area contributed by atoms with E-state index in [2.05, 4.69) is 6.92 Å². The Hall–Kier alpha value is -2.37. The molecule has 1 amide bonds. The van der Waals surface area contributed by atoms with E-state index in [1.165, 1.54) is 12.8 Å². The zero-order chi connectivity index (χ0) is 19.6. The Balaban J connectivity index is 1.53. The van der Waals surface area contributed by atoms with Crippen LogP contribution in [0.3, 0.4) is 0 Å². The van der Waals surface area contributed by atoms with Crippen LogP contribution in [-0.4, -0.2) is 25.7 Å². The lowest BCUT2D eigenvalue weighted by molar-refractivity contribution is -0.180. The van der Waals surface area contributed by atoms with Crippen molar-refractivity contribution in [3.8, 4) is 5.75 Å². The van der Waals surface area contributed by atoms with Gasteiger partial charge in [0.2, 0.25) is 0 Å². The van der Waals surface area contributed by atoms with Crippen molar-refractivity contribution in [1.29, 1.82) is 0 Å². The van der Waals surface area contributed by atoms with E-state index >= 15 is 0 Å². The number of unbranched alkanes of at least 4 members (excludes halogenated alkanes) is 2. The lowest BCUT2D eigenvalue weighted by Gasteiger charge is -2.22. The number of benzene rings is 2. The summed E-state index contributed by atoms with van der Waals surface area (Å²) < 4.78 is 17.4. The number of anilines is 1. The second-order valence-corrected chi connectivity index (χ2v) is 7.38. The molecule has 5 heteroatoms. The molecule has 2 aromatic rings. The van der Waals surface area contributed by atoms with Gasteiger partial charge in [0.15, 0.2) is 0 Å². The Morgan fingerprint density at radius 1 is 1.07 bits per heavy atom. The summed E-state index contributed by atoms with van der Waals surface area (Å²) in [5.41, 5.74) is 3.79. The van der Waals surface area contributed by atoms with Crippen LogP contribution in [0.25, 0.3) is 0 Å². The highest BCUT2D eigenvalue weighted by atomic mass is 16.7. The molecule has 4 rings (SSSR count). The average molecular weight is 381 g/mol. The monoisotopic (exact) mass is 381 g/mol. The third kappa shape index (κ3) is 3.29. The van der Waals surface area contributed by atoms with Crippen LogP contribution in [0.4, 0.5) is 5.69 Å². The fraction of sp³-hybridized carbons (Fsp3) is 0.435. The Labute approximate surface area is 166 Å². The largest absolute Gasteiger partial charge is 0.494 e. The minimum Gasteiger partial charge on any atom is -0.494 e. The molecule has 2 aliphatic heterocycles. The van der Waals surface area contributed by atoms with E-state index in [0.717, 1.165) is 41.2 Å². The molecule has 0 unspecified atom stereocenters. The number of para-hydroxylation sites is 1. The maximum atomic E-state index is 13.3. The molecule has 0 N–H and O–H groups in total. The molecule has 148 valence electrons. The maximum absolute atomic E-state index is 13.3. The highest BCUT2D eigenvalue weighted by Gasteiger charge is 2.56. The number of ether oxygens (including phenoxy) is 3. The van der Waals surface area contributed by atoms with Crippen LogP contribution in [0.15, 0.2) is 42.5 Å². The van der Waals surface area contributed by atoms with Crippen LogP contribution in [0.1, 0.15) is 42.9 Å². The number of rotatable bonds is 7. The molecule has 28 heavy (non-hydrogen) atoms. The summed E-state index contributed by atoms with van der Waals surface area (Å²) in [4.78, 5) is 15.0. The zero-order valence-electron chi connectivity index (χ0n) is 16.6. The first-order chi connectivity index (χ1) is 13.7. The summed E-state index contributed by atoms with van der Waals surface area (Å²) in [6.07, 6.45) is 3.43. The third-order valence-electron chi connectivity index (χ3n) is 5.36. The molecule has 1 saturated heterocycles. The number of carbonyl (C=O) groups excluding carboxylic acids is 1. The number of amides is 1. The summed E-state index contributed by atoms with van der Waals surface area (Å²) >= 11 is 0. The molecular formula is C23H27NO4. The van der Waals surface area contributed by atoms with Crippen molar-refractivity contribution in [3.63, 3.8) is 0 Å². The quantitative estimate of drug-likeness (QED) is 0.671. The number of hydrogen-bond acceptors (Lipinski definition) is 4. The summed E-state index contributed by atoms with van der Waals surface area (Å²) in [7, 11) is 0. The van der Waals surface area contributed by atoms with Crippen molar-refractivity contribution in [2.75, 3.05) is 24.7 Å². The van der Waals surface area contributed by atoms with Crippen molar-refractivity contribution in [1.82, 2.24) is 0 Å². The fourth-order valence-corrected chi connectivity index (χ4v) is 3.94. The highest BCUT2D eigenvalue weighted by molar-refractivity contribution is 6.06. The summed E-state index contributed by atoms with van der Waals surface area (Å²) in [5, 5.41) is 0. The molecule has 0 atom stereocenters. The fourth-order valence-electron chi connectivity index (χ4n) is 3.94. The van der Waals surface area contributed by atoms with Crippen LogP contribution < -0.4 is 9.64 Å². The molecule has 5 nitrogen and oxygen atoms in total. The second-order valence-electron chi connectivity index (χ2n) is 7.38. The van der Waals surface area contributed by atoms with E-state index in [9.17, 15) is 4.79 Å². The van der Waals surface area contributed by atoms with E-state index in [1.807, 2.05) is 49.4 Å². The average Bonchev–Trinajstić information content (AvgIpc) is 3.28. The number of aryl methyl sites for hydroxylation is 1. The van der Waals surface area contributed by atoms with Crippen LogP contribution in [-0.2, 0) is 26.6 Å². The molecule has 2 aliphatic rings. The maximum Gasteiger partial charge on any atom is 0.292 e. The van der Waals surface area contributed by atoms with Gasteiger partial charge in [0.25, 0.3) is 11.7 Å². The molecule has 2 heterocycles. The topological polar surface area (TPSA) is 48.0 Å². The number of fused-ring (bicyclic) bond motifs is 2. The van der Waals surface area contributed by atoms with Gasteiger partial charge in [0, 0.05) is 5.56 Å². The minimum absolute atomic E-state index is 0.144.